The molecular formula is C27H42F4N4O2S. The molecule has 1 saturated heterocycles. The molecule has 2 heterocycles. The molecule has 0 amide bonds. The van der Waals surface area contributed by atoms with Crippen molar-refractivity contribution in [3.8, 4) is 0 Å². The number of anilines is 1. The highest BCUT2D eigenvalue weighted by Crippen LogP contribution is 2.33. The fourth-order valence-electron chi connectivity index (χ4n) is 4.93. The SMILES string of the molecule is CCCn1c(C(C)(C)C)nc2cc(N(C)S(=O)(=O)N3CCC(F)(F)CC3)ccc21.FC1(F)CCCCCC1. The molecule has 0 N–H and O–H groups in total. The minimum absolute atomic E-state index is 0.118. The number of hydrogen-bond donors (Lipinski definition) is 0. The van der Waals surface area contributed by atoms with Crippen LogP contribution in [-0.2, 0) is 22.2 Å². The Balaban J connectivity index is 0.000000375. The van der Waals surface area contributed by atoms with Crippen molar-refractivity contribution in [2.24, 2.45) is 0 Å². The van der Waals surface area contributed by atoms with Gasteiger partial charge in [-0.3, -0.25) is 4.31 Å². The third kappa shape index (κ3) is 7.40. The zero-order valence-electron chi connectivity index (χ0n) is 23.2. The summed E-state index contributed by atoms with van der Waals surface area (Å²) in [5.74, 6) is -4.18. The van der Waals surface area contributed by atoms with Crippen LogP contribution in [0.1, 0.15) is 91.3 Å². The average Bonchev–Trinajstić information content (AvgIpc) is 3.06. The normalized spacial score (nSPS) is 20.4. The highest BCUT2D eigenvalue weighted by Gasteiger charge is 2.39. The Labute approximate surface area is 224 Å². The van der Waals surface area contributed by atoms with E-state index >= 15 is 0 Å². The summed E-state index contributed by atoms with van der Waals surface area (Å²) in [6, 6.07) is 5.39. The van der Waals surface area contributed by atoms with Gasteiger partial charge < -0.3 is 4.57 Å². The summed E-state index contributed by atoms with van der Waals surface area (Å²) in [5.41, 5.74) is 2.01. The molecule has 0 bridgehead atoms. The number of aryl methyl sites for hydroxylation is 1. The lowest BCUT2D eigenvalue weighted by Gasteiger charge is -2.34. The summed E-state index contributed by atoms with van der Waals surface area (Å²) < 4.78 is 82.1. The second-order valence-electron chi connectivity index (χ2n) is 11.5. The Bertz CT molecular complexity index is 1170. The highest BCUT2D eigenvalue weighted by atomic mass is 32.2. The third-order valence-electron chi connectivity index (χ3n) is 7.17. The predicted molar refractivity (Wildman–Crippen MR) is 144 cm³/mol. The zero-order chi connectivity index (χ0) is 28.4. The monoisotopic (exact) mass is 562 g/mol. The molecule has 6 nitrogen and oxygen atoms in total. The quantitative estimate of drug-likeness (QED) is 0.288. The highest BCUT2D eigenvalue weighted by molar-refractivity contribution is 7.90. The molecule has 1 aliphatic carbocycles. The third-order valence-corrected chi connectivity index (χ3v) is 9.10. The van der Waals surface area contributed by atoms with Crippen molar-refractivity contribution in [3.05, 3.63) is 24.0 Å². The first-order chi connectivity index (χ1) is 17.6. The van der Waals surface area contributed by atoms with Gasteiger partial charge in [0.25, 0.3) is 5.92 Å². The summed E-state index contributed by atoms with van der Waals surface area (Å²) in [6.45, 7) is 8.88. The molecular weight excluding hydrogens is 520 g/mol. The second kappa shape index (κ2) is 11.7. The Morgan fingerprint density at radius 3 is 2.03 bits per heavy atom. The van der Waals surface area contributed by atoms with Gasteiger partial charge in [-0.05, 0) is 37.5 Å². The number of piperidine rings is 1. The summed E-state index contributed by atoms with van der Waals surface area (Å²) >= 11 is 0. The van der Waals surface area contributed by atoms with Crippen molar-refractivity contribution < 1.29 is 26.0 Å². The van der Waals surface area contributed by atoms with E-state index in [1.807, 2.05) is 6.07 Å². The number of aromatic nitrogens is 2. The van der Waals surface area contributed by atoms with Crippen LogP contribution in [0.3, 0.4) is 0 Å². The van der Waals surface area contributed by atoms with E-state index in [1.54, 1.807) is 12.1 Å². The molecule has 38 heavy (non-hydrogen) atoms. The maximum absolute atomic E-state index is 13.4. The van der Waals surface area contributed by atoms with Crippen LogP contribution in [-0.4, -0.2) is 54.3 Å². The van der Waals surface area contributed by atoms with Crippen molar-refractivity contribution in [1.82, 2.24) is 13.9 Å². The minimum atomic E-state index is -3.88. The molecule has 0 spiro atoms. The lowest BCUT2D eigenvalue weighted by molar-refractivity contribution is -0.0412. The predicted octanol–water partition coefficient (Wildman–Crippen LogP) is 7.13. The zero-order valence-corrected chi connectivity index (χ0v) is 24.1. The number of alkyl halides is 4. The lowest BCUT2D eigenvalue weighted by Crippen LogP contribution is -2.48. The van der Waals surface area contributed by atoms with Crippen molar-refractivity contribution in [2.45, 2.75) is 109 Å². The van der Waals surface area contributed by atoms with Crippen LogP contribution in [0.2, 0.25) is 0 Å². The van der Waals surface area contributed by atoms with E-state index in [1.165, 1.54) is 7.05 Å². The first-order valence-electron chi connectivity index (χ1n) is 13.6. The van der Waals surface area contributed by atoms with Gasteiger partial charge in [0.1, 0.15) is 5.82 Å². The Kier molecular flexibility index (Phi) is 9.44. The summed E-state index contributed by atoms with van der Waals surface area (Å²) in [5, 5.41) is 0. The van der Waals surface area contributed by atoms with Crippen LogP contribution in [0, 0.1) is 0 Å². The maximum atomic E-state index is 13.4. The number of rotatable bonds is 5. The first kappa shape index (κ1) is 30.7. The largest absolute Gasteiger partial charge is 0.328 e. The van der Waals surface area contributed by atoms with Crippen LogP contribution < -0.4 is 4.31 Å². The van der Waals surface area contributed by atoms with Crippen molar-refractivity contribution in [2.75, 3.05) is 24.4 Å². The van der Waals surface area contributed by atoms with Crippen molar-refractivity contribution in [3.63, 3.8) is 0 Å². The van der Waals surface area contributed by atoms with Gasteiger partial charge in [0.05, 0.1) is 16.7 Å². The molecule has 216 valence electrons. The number of nitrogens with zero attached hydrogens (tertiary/aromatic N) is 4. The van der Waals surface area contributed by atoms with Crippen LogP contribution in [0.25, 0.3) is 11.0 Å². The number of imidazole rings is 1. The lowest BCUT2D eigenvalue weighted by atomic mass is 9.95. The number of halogens is 4. The van der Waals surface area contributed by atoms with E-state index in [4.69, 9.17) is 4.98 Å². The molecule has 2 fully saturated rings. The van der Waals surface area contributed by atoms with Crippen LogP contribution in [0.15, 0.2) is 18.2 Å². The van der Waals surface area contributed by atoms with E-state index in [-0.39, 0.29) is 31.3 Å². The van der Waals surface area contributed by atoms with E-state index in [0.717, 1.165) is 51.3 Å². The molecule has 2 aromatic rings. The topological polar surface area (TPSA) is 58.4 Å². The standard InChI is InChI=1S/C20H30F2N4O2S.C7H12F2/c1-6-11-26-17-8-7-15(14-16(17)23-18(26)19(2,3)4)24(5)29(27,28)25-12-9-20(21,22)10-13-25;8-7(9)5-3-1-2-4-6-7/h7-8,14H,6,9-13H2,1-5H3;1-6H2. The van der Waals surface area contributed by atoms with E-state index in [0.29, 0.717) is 18.5 Å². The minimum Gasteiger partial charge on any atom is -0.328 e. The maximum Gasteiger partial charge on any atom is 0.303 e. The molecule has 0 atom stereocenters. The summed E-state index contributed by atoms with van der Waals surface area (Å²) in [4.78, 5) is 4.79. The van der Waals surface area contributed by atoms with Crippen LogP contribution in [0.5, 0.6) is 0 Å². The van der Waals surface area contributed by atoms with Crippen LogP contribution in [0.4, 0.5) is 23.2 Å². The van der Waals surface area contributed by atoms with E-state index in [9.17, 15) is 26.0 Å². The smallest absolute Gasteiger partial charge is 0.303 e. The summed E-state index contributed by atoms with van der Waals surface area (Å²) in [7, 11) is -2.42. The van der Waals surface area contributed by atoms with Gasteiger partial charge in [-0.2, -0.15) is 12.7 Å². The van der Waals surface area contributed by atoms with Gasteiger partial charge in [-0.1, -0.05) is 40.5 Å². The molecule has 1 aromatic carbocycles. The molecule has 11 heteroatoms. The molecule has 1 aliphatic heterocycles. The van der Waals surface area contributed by atoms with Gasteiger partial charge in [-0.15, -0.1) is 0 Å². The Morgan fingerprint density at radius 2 is 1.50 bits per heavy atom. The van der Waals surface area contributed by atoms with Crippen molar-refractivity contribution in [1.29, 1.82) is 0 Å². The molecule has 4 rings (SSSR count). The molecule has 2 aliphatic rings. The second-order valence-corrected chi connectivity index (χ2v) is 13.5. The van der Waals surface area contributed by atoms with Gasteiger partial charge in [-0.25, -0.2) is 22.5 Å². The molecule has 0 unspecified atom stereocenters. The van der Waals surface area contributed by atoms with Crippen LogP contribution >= 0.6 is 0 Å². The van der Waals surface area contributed by atoms with Gasteiger partial charge in [0.15, 0.2) is 0 Å². The fraction of sp³-hybridized carbons (Fsp3) is 0.741. The average molecular weight is 563 g/mol. The van der Waals surface area contributed by atoms with Crippen molar-refractivity contribution >= 4 is 26.9 Å². The molecule has 1 saturated carbocycles. The number of benzene rings is 1. The molecule has 0 radical (unpaired) electrons. The fourth-order valence-corrected chi connectivity index (χ4v) is 6.30. The van der Waals surface area contributed by atoms with E-state index < -0.39 is 34.9 Å². The van der Waals surface area contributed by atoms with Gasteiger partial charge >= 0.3 is 10.2 Å². The van der Waals surface area contributed by atoms with E-state index in [2.05, 4.69) is 32.3 Å². The summed E-state index contributed by atoms with van der Waals surface area (Å²) in [6.07, 6.45) is 3.72. The Hall–Kier alpha value is -1.88. The molecule has 1 aromatic heterocycles. The number of hydrogen-bond acceptors (Lipinski definition) is 3. The number of fused-ring (bicyclic) bond motifs is 1. The van der Waals surface area contributed by atoms with Gasteiger partial charge in [0, 0.05) is 57.8 Å². The first-order valence-corrected chi connectivity index (χ1v) is 15.0. The van der Waals surface area contributed by atoms with Gasteiger partial charge in [0.2, 0.25) is 5.92 Å². The Morgan fingerprint density at radius 1 is 0.947 bits per heavy atom.